The predicted molar refractivity (Wildman–Crippen MR) is 102 cm³/mol. The molecule has 2 aromatic rings. The summed E-state index contributed by atoms with van der Waals surface area (Å²) in [6.07, 6.45) is 0.0745. The number of anilines is 1. The number of amides is 2. The van der Waals surface area contributed by atoms with E-state index < -0.39 is 0 Å². The van der Waals surface area contributed by atoms with Gasteiger partial charge < -0.3 is 15.4 Å². The van der Waals surface area contributed by atoms with Crippen LogP contribution >= 0.6 is 15.9 Å². The summed E-state index contributed by atoms with van der Waals surface area (Å²) in [5, 5.41) is 5.39. The highest BCUT2D eigenvalue weighted by atomic mass is 79.9. The molecule has 0 fully saturated rings. The van der Waals surface area contributed by atoms with Crippen molar-refractivity contribution in [1.29, 1.82) is 0 Å². The van der Waals surface area contributed by atoms with Gasteiger partial charge in [0, 0.05) is 15.7 Å². The molecular weight excluding hydrogens is 384 g/mol. The van der Waals surface area contributed by atoms with Crippen molar-refractivity contribution in [3.05, 3.63) is 58.1 Å². The van der Waals surface area contributed by atoms with Crippen LogP contribution < -0.4 is 15.4 Å². The molecule has 25 heavy (non-hydrogen) atoms. The zero-order chi connectivity index (χ0) is 18.4. The standard InChI is InChI=1S/C19H21BrN2O3/c1-12(2)25-16-7-4-14(5-8-16)19(24)21-11-18(23)22-17-9-6-15(20)10-13(17)3/h4-10,12H,11H2,1-3H3,(H,21,24)(H,22,23). The SMILES string of the molecule is Cc1cc(Br)ccc1NC(=O)CNC(=O)c1ccc(OC(C)C)cc1. The summed E-state index contributed by atoms with van der Waals surface area (Å²) in [6.45, 7) is 5.68. The maximum absolute atomic E-state index is 12.1. The lowest BCUT2D eigenvalue weighted by molar-refractivity contribution is -0.115. The number of ether oxygens (including phenoxy) is 1. The highest BCUT2D eigenvalue weighted by Crippen LogP contribution is 2.19. The monoisotopic (exact) mass is 404 g/mol. The van der Waals surface area contributed by atoms with Crippen molar-refractivity contribution in [2.75, 3.05) is 11.9 Å². The summed E-state index contributed by atoms with van der Waals surface area (Å²) in [4.78, 5) is 24.1. The van der Waals surface area contributed by atoms with Crippen LogP contribution in [0.1, 0.15) is 29.8 Å². The number of halogens is 1. The van der Waals surface area contributed by atoms with E-state index >= 15 is 0 Å². The molecule has 0 saturated heterocycles. The Morgan fingerprint density at radius 1 is 1.12 bits per heavy atom. The van der Waals surface area contributed by atoms with Crippen LogP contribution in [0, 0.1) is 6.92 Å². The van der Waals surface area contributed by atoms with Gasteiger partial charge in [0.05, 0.1) is 12.6 Å². The predicted octanol–water partition coefficient (Wildman–Crippen LogP) is 3.91. The van der Waals surface area contributed by atoms with Crippen molar-refractivity contribution in [3.8, 4) is 5.75 Å². The molecular formula is C19H21BrN2O3. The third-order valence-corrected chi connectivity index (χ3v) is 3.85. The molecule has 0 aliphatic carbocycles. The Kier molecular flexibility index (Phi) is 6.58. The molecule has 2 N–H and O–H groups in total. The summed E-state index contributed by atoms with van der Waals surface area (Å²) in [6, 6.07) is 12.4. The molecule has 0 spiro atoms. The number of aryl methyl sites for hydroxylation is 1. The van der Waals surface area contributed by atoms with Crippen LogP contribution in [0.15, 0.2) is 46.9 Å². The number of benzene rings is 2. The lowest BCUT2D eigenvalue weighted by atomic mass is 10.2. The average Bonchev–Trinajstić information content (AvgIpc) is 2.55. The van der Waals surface area contributed by atoms with E-state index in [1.807, 2.05) is 39.0 Å². The molecule has 2 amide bonds. The van der Waals surface area contributed by atoms with Gasteiger partial charge >= 0.3 is 0 Å². The molecule has 5 nitrogen and oxygen atoms in total. The summed E-state index contributed by atoms with van der Waals surface area (Å²) in [7, 11) is 0. The van der Waals surface area contributed by atoms with Gasteiger partial charge in [0.25, 0.3) is 5.91 Å². The molecule has 0 unspecified atom stereocenters. The first-order valence-corrected chi connectivity index (χ1v) is 8.75. The third-order valence-electron chi connectivity index (χ3n) is 3.36. The molecule has 0 aliphatic heterocycles. The maximum atomic E-state index is 12.1. The first-order chi connectivity index (χ1) is 11.8. The summed E-state index contributed by atoms with van der Waals surface area (Å²) in [5.41, 5.74) is 2.14. The van der Waals surface area contributed by atoms with Gasteiger partial charge in [-0.15, -0.1) is 0 Å². The number of hydrogen-bond acceptors (Lipinski definition) is 3. The highest BCUT2D eigenvalue weighted by molar-refractivity contribution is 9.10. The van der Waals surface area contributed by atoms with Crippen LogP contribution in [-0.4, -0.2) is 24.5 Å². The highest BCUT2D eigenvalue weighted by Gasteiger charge is 2.10. The summed E-state index contributed by atoms with van der Waals surface area (Å²) >= 11 is 3.38. The van der Waals surface area contributed by atoms with E-state index in [4.69, 9.17) is 4.74 Å². The molecule has 0 aliphatic rings. The molecule has 0 aromatic heterocycles. The molecule has 0 heterocycles. The number of rotatable bonds is 6. The Morgan fingerprint density at radius 3 is 2.40 bits per heavy atom. The molecule has 2 aromatic carbocycles. The van der Waals surface area contributed by atoms with Crippen molar-refractivity contribution in [3.63, 3.8) is 0 Å². The van der Waals surface area contributed by atoms with E-state index in [2.05, 4.69) is 26.6 Å². The van der Waals surface area contributed by atoms with Gasteiger partial charge in [-0.2, -0.15) is 0 Å². The van der Waals surface area contributed by atoms with E-state index in [-0.39, 0.29) is 24.5 Å². The van der Waals surface area contributed by atoms with E-state index in [9.17, 15) is 9.59 Å². The molecule has 0 saturated carbocycles. The first kappa shape index (κ1) is 19.0. The van der Waals surface area contributed by atoms with Gasteiger partial charge in [0.15, 0.2) is 0 Å². The van der Waals surface area contributed by atoms with Crippen molar-refractivity contribution in [2.24, 2.45) is 0 Å². The molecule has 0 atom stereocenters. The van der Waals surface area contributed by atoms with Crippen molar-refractivity contribution in [2.45, 2.75) is 26.9 Å². The quantitative estimate of drug-likeness (QED) is 0.766. The van der Waals surface area contributed by atoms with E-state index in [0.717, 1.165) is 15.7 Å². The van der Waals surface area contributed by atoms with Crippen molar-refractivity contribution >= 4 is 33.4 Å². The average molecular weight is 405 g/mol. The Labute approximate surface area is 155 Å². The van der Waals surface area contributed by atoms with Crippen LogP contribution in [0.3, 0.4) is 0 Å². The first-order valence-electron chi connectivity index (χ1n) is 7.96. The number of carbonyl (C=O) groups is 2. The number of carbonyl (C=O) groups excluding carboxylic acids is 2. The fraction of sp³-hybridized carbons (Fsp3) is 0.263. The van der Waals surface area contributed by atoms with Gasteiger partial charge in [-0.05, 0) is 68.8 Å². The topological polar surface area (TPSA) is 67.4 Å². The lowest BCUT2D eigenvalue weighted by Gasteiger charge is -2.11. The van der Waals surface area contributed by atoms with Crippen molar-refractivity contribution < 1.29 is 14.3 Å². The minimum Gasteiger partial charge on any atom is -0.491 e. The van der Waals surface area contributed by atoms with Gasteiger partial charge in [-0.1, -0.05) is 15.9 Å². The number of hydrogen-bond donors (Lipinski definition) is 2. The van der Waals surface area contributed by atoms with Crippen molar-refractivity contribution in [1.82, 2.24) is 5.32 Å². The van der Waals surface area contributed by atoms with E-state index in [0.29, 0.717) is 11.3 Å². The zero-order valence-electron chi connectivity index (χ0n) is 14.4. The Morgan fingerprint density at radius 2 is 1.80 bits per heavy atom. The fourth-order valence-corrected chi connectivity index (χ4v) is 2.66. The smallest absolute Gasteiger partial charge is 0.251 e. The van der Waals surface area contributed by atoms with Gasteiger partial charge in [0.1, 0.15) is 5.75 Å². The Hall–Kier alpha value is -2.34. The second kappa shape index (κ2) is 8.67. The second-order valence-corrected chi connectivity index (χ2v) is 6.80. The molecule has 132 valence electrons. The Bertz CT molecular complexity index is 758. The number of nitrogens with one attached hydrogen (secondary N) is 2. The third kappa shape index (κ3) is 5.90. The molecule has 2 rings (SSSR count). The summed E-state index contributed by atoms with van der Waals surface area (Å²) in [5.74, 6) is 0.118. The van der Waals surface area contributed by atoms with E-state index in [1.165, 1.54) is 0 Å². The maximum Gasteiger partial charge on any atom is 0.251 e. The van der Waals surface area contributed by atoms with E-state index in [1.54, 1.807) is 24.3 Å². The van der Waals surface area contributed by atoms with Crippen LogP contribution in [0.4, 0.5) is 5.69 Å². The van der Waals surface area contributed by atoms with Gasteiger partial charge in [-0.3, -0.25) is 9.59 Å². The van der Waals surface area contributed by atoms with Crippen LogP contribution in [0.5, 0.6) is 5.75 Å². The Balaban J connectivity index is 1.87. The minimum absolute atomic E-state index is 0.0745. The zero-order valence-corrected chi connectivity index (χ0v) is 16.0. The van der Waals surface area contributed by atoms with Gasteiger partial charge in [-0.25, -0.2) is 0 Å². The minimum atomic E-state index is -0.307. The van der Waals surface area contributed by atoms with Crippen LogP contribution in [0.25, 0.3) is 0 Å². The largest absolute Gasteiger partial charge is 0.491 e. The normalized spacial score (nSPS) is 10.4. The molecule has 0 bridgehead atoms. The molecule has 6 heteroatoms. The van der Waals surface area contributed by atoms with Gasteiger partial charge in [0.2, 0.25) is 5.91 Å². The summed E-state index contributed by atoms with van der Waals surface area (Å²) < 4.78 is 6.48. The second-order valence-electron chi connectivity index (χ2n) is 5.88. The van der Waals surface area contributed by atoms with Crippen LogP contribution in [-0.2, 0) is 4.79 Å². The molecule has 0 radical (unpaired) electrons. The fourth-order valence-electron chi connectivity index (χ4n) is 2.18. The van der Waals surface area contributed by atoms with Crippen LogP contribution in [0.2, 0.25) is 0 Å². The lowest BCUT2D eigenvalue weighted by Crippen LogP contribution is -2.33.